The Kier molecular flexibility index (Phi) is 5.38. The minimum absolute atomic E-state index is 0.556. The molecule has 0 bridgehead atoms. The normalized spacial score (nSPS) is 20.4. The van der Waals surface area contributed by atoms with Gasteiger partial charge >= 0.3 is 191 Å². The standard InChI is InChI=1S/C28H29.Zr/c1-2-28(16-6-3-7-17-28)20-21-18-23-12-9-15-26(27(23)19-21)25-14-8-11-22-10-4-5-13-24(22)25;/h4-5,8-15,18-19H,2-3,6-7,16-17,20H2,1H3;. The fourth-order valence-electron chi connectivity index (χ4n) is 5.70. The molecule has 5 rings (SSSR count). The second kappa shape index (κ2) is 7.99. The quantitative estimate of drug-likeness (QED) is 0.371. The molecule has 2 aliphatic rings. The predicted octanol–water partition coefficient (Wildman–Crippen LogP) is 8.24. The summed E-state index contributed by atoms with van der Waals surface area (Å²) in [5, 5.41) is 2.69. The maximum atomic E-state index is 2.58. The number of benzene rings is 3. The molecule has 145 valence electrons. The molecule has 0 saturated heterocycles. The summed E-state index contributed by atoms with van der Waals surface area (Å²) in [4.78, 5) is 0. The fourth-order valence-corrected chi connectivity index (χ4v) is 6.78. The van der Waals surface area contributed by atoms with Gasteiger partial charge in [0.25, 0.3) is 0 Å². The van der Waals surface area contributed by atoms with Gasteiger partial charge in [-0.3, -0.25) is 0 Å². The van der Waals surface area contributed by atoms with Gasteiger partial charge in [0.05, 0.1) is 0 Å². The van der Waals surface area contributed by atoms with Gasteiger partial charge in [0.2, 0.25) is 0 Å². The molecule has 0 N–H and O–H groups in total. The molecular formula is C28H29Zr. The van der Waals surface area contributed by atoms with Crippen LogP contribution in [0, 0.1) is 5.41 Å². The van der Waals surface area contributed by atoms with Crippen molar-refractivity contribution in [2.75, 3.05) is 0 Å². The molecule has 1 fully saturated rings. The molecule has 0 heterocycles. The van der Waals surface area contributed by atoms with Crippen molar-refractivity contribution in [1.82, 2.24) is 0 Å². The molecule has 0 amide bonds. The van der Waals surface area contributed by atoms with E-state index in [9.17, 15) is 0 Å². The van der Waals surface area contributed by atoms with Crippen LogP contribution in [0.2, 0.25) is 0 Å². The number of hydrogen-bond donors (Lipinski definition) is 0. The molecular weight excluding hydrogens is 428 g/mol. The van der Waals surface area contributed by atoms with Crippen molar-refractivity contribution in [3.63, 3.8) is 0 Å². The Balaban J connectivity index is 1.58. The van der Waals surface area contributed by atoms with E-state index in [2.05, 4.69) is 73.7 Å². The molecule has 1 heteroatoms. The van der Waals surface area contributed by atoms with Crippen LogP contribution in [0.4, 0.5) is 0 Å². The van der Waals surface area contributed by atoms with Crippen molar-refractivity contribution in [2.45, 2.75) is 55.5 Å². The second-order valence-corrected chi connectivity index (χ2v) is 10.5. The van der Waals surface area contributed by atoms with Crippen LogP contribution in [0.1, 0.15) is 66.6 Å². The van der Waals surface area contributed by atoms with Crippen molar-refractivity contribution in [1.29, 1.82) is 0 Å². The molecule has 1 unspecified atom stereocenters. The number of allylic oxidation sites excluding steroid dienone is 1. The summed E-state index contributed by atoms with van der Waals surface area (Å²) in [7, 11) is 0. The Morgan fingerprint density at radius 3 is 2.41 bits per heavy atom. The van der Waals surface area contributed by atoms with E-state index in [0.29, 0.717) is 9.04 Å². The van der Waals surface area contributed by atoms with E-state index in [1.807, 2.05) is 0 Å². The maximum absolute atomic E-state index is 2.58. The Labute approximate surface area is 190 Å². The van der Waals surface area contributed by atoms with Gasteiger partial charge in [0, 0.05) is 0 Å². The van der Waals surface area contributed by atoms with Gasteiger partial charge in [-0.2, -0.15) is 0 Å². The van der Waals surface area contributed by atoms with Crippen LogP contribution in [-0.2, 0) is 24.7 Å². The van der Waals surface area contributed by atoms with Crippen LogP contribution in [0.5, 0.6) is 0 Å². The molecule has 29 heavy (non-hydrogen) atoms. The minimum atomic E-state index is 0.556. The third-order valence-electron chi connectivity index (χ3n) is 7.47. The van der Waals surface area contributed by atoms with E-state index in [4.69, 9.17) is 0 Å². The molecule has 1 saturated carbocycles. The molecule has 1 atom stereocenters. The summed E-state index contributed by atoms with van der Waals surface area (Å²) < 4.78 is 0.637. The number of rotatable bonds is 4. The number of fused-ring (bicyclic) bond motifs is 2. The first kappa shape index (κ1) is 19.5. The Morgan fingerprint density at radius 1 is 0.862 bits per heavy atom. The average Bonchev–Trinajstić information content (AvgIpc) is 3.09. The molecule has 0 aliphatic heterocycles. The topological polar surface area (TPSA) is 0 Å². The first-order valence-electron chi connectivity index (χ1n) is 11.2. The second-order valence-electron chi connectivity index (χ2n) is 9.08. The van der Waals surface area contributed by atoms with Gasteiger partial charge in [-0.05, 0) is 0 Å². The molecule has 0 aromatic heterocycles. The molecule has 0 spiro atoms. The van der Waals surface area contributed by atoms with E-state index in [0.717, 1.165) is 0 Å². The predicted molar refractivity (Wildman–Crippen MR) is 121 cm³/mol. The zero-order valence-corrected chi connectivity index (χ0v) is 19.8. The first-order chi connectivity index (χ1) is 14.2. The van der Waals surface area contributed by atoms with Crippen LogP contribution in [0.25, 0.3) is 28.0 Å². The number of hydrogen-bond acceptors (Lipinski definition) is 0. The molecule has 2 aliphatic carbocycles. The molecule has 3 aromatic carbocycles. The van der Waals surface area contributed by atoms with Crippen LogP contribution in [-0.4, -0.2) is 0 Å². The molecule has 3 aromatic rings. The van der Waals surface area contributed by atoms with E-state index in [-0.39, 0.29) is 0 Å². The zero-order chi connectivity index (χ0) is 19.8. The Hall–Kier alpha value is -1.46. The summed E-state index contributed by atoms with van der Waals surface area (Å²) in [5.41, 5.74) is 8.10. The van der Waals surface area contributed by atoms with Crippen LogP contribution in [0.15, 0.2) is 66.2 Å². The van der Waals surface area contributed by atoms with Crippen molar-refractivity contribution < 1.29 is 24.7 Å². The van der Waals surface area contributed by atoms with E-state index in [1.165, 1.54) is 72.4 Å². The van der Waals surface area contributed by atoms with E-state index >= 15 is 0 Å². The van der Waals surface area contributed by atoms with Gasteiger partial charge < -0.3 is 0 Å². The van der Waals surface area contributed by atoms with Crippen molar-refractivity contribution in [2.24, 2.45) is 5.41 Å². The summed E-state index contributed by atoms with van der Waals surface area (Å²) in [6.07, 6.45) is 12.4. The van der Waals surface area contributed by atoms with Gasteiger partial charge in [-0.15, -0.1) is 0 Å². The van der Waals surface area contributed by atoms with Crippen molar-refractivity contribution in [3.8, 4) is 11.1 Å². The summed E-state index contributed by atoms with van der Waals surface area (Å²) in [6, 6.07) is 22.5. The average molecular weight is 457 g/mol. The van der Waals surface area contributed by atoms with Crippen LogP contribution < -0.4 is 0 Å². The molecule has 0 radical (unpaired) electrons. The Morgan fingerprint density at radius 2 is 1.59 bits per heavy atom. The van der Waals surface area contributed by atoms with Crippen molar-refractivity contribution >= 4 is 16.8 Å². The monoisotopic (exact) mass is 455 g/mol. The first-order valence-corrected chi connectivity index (χ1v) is 12.7. The third kappa shape index (κ3) is 3.50. The van der Waals surface area contributed by atoms with E-state index < -0.39 is 0 Å². The van der Waals surface area contributed by atoms with Gasteiger partial charge in [0.1, 0.15) is 0 Å². The SMILES string of the molecule is CCC1(CC2=Cc3c(-c4cccc5ccccc45)cccc3[CH]2[Zr])CCCCC1. The third-order valence-corrected chi connectivity index (χ3v) is 9.15. The van der Waals surface area contributed by atoms with Crippen molar-refractivity contribution in [3.05, 3.63) is 77.4 Å². The molecule has 0 nitrogen and oxygen atoms in total. The van der Waals surface area contributed by atoms with Crippen LogP contribution in [0.3, 0.4) is 0 Å². The summed E-state index contributed by atoms with van der Waals surface area (Å²) in [6.45, 7) is 2.42. The van der Waals surface area contributed by atoms with E-state index in [1.54, 1.807) is 35.9 Å². The van der Waals surface area contributed by atoms with Gasteiger partial charge in [0.15, 0.2) is 0 Å². The van der Waals surface area contributed by atoms with Gasteiger partial charge in [-0.25, -0.2) is 0 Å². The van der Waals surface area contributed by atoms with Crippen LogP contribution >= 0.6 is 0 Å². The Bertz CT molecular complexity index is 1060. The van der Waals surface area contributed by atoms with Gasteiger partial charge in [-0.1, -0.05) is 0 Å². The zero-order valence-electron chi connectivity index (χ0n) is 17.4. The summed E-state index contributed by atoms with van der Waals surface area (Å²) in [5.74, 6) is 0. The summed E-state index contributed by atoms with van der Waals surface area (Å²) >= 11 is 1.64. The fraction of sp³-hybridized carbons (Fsp3) is 0.357.